The summed E-state index contributed by atoms with van der Waals surface area (Å²) < 4.78 is 0. The summed E-state index contributed by atoms with van der Waals surface area (Å²) in [5, 5.41) is 0. The first-order chi connectivity index (χ1) is 1.91. The number of hydrogen-bond acceptors (Lipinski definition) is 0. The minimum absolute atomic E-state index is 0. The number of rotatable bonds is 1. The van der Waals surface area contributed by atoms with Crippen LogP contribution in [0.1, 0.15) is 13.3 Å². The molecule has 0 amide bonds. The van der Waals surface area contributed by atoms with Gasteiger partial charge in [0.2, 0.25) is 0 Å². The second-order valence-electron chi connectivity index (χ2n) is 0.697. The normalized spacial score (nSPS) is 4.29. The molecule has 0 aromatic carbocycles. The molecule has 37 valence electrons. The van der Waals surface area contributed by atoms with Gasteiger partial charge in [0.1, 0.15) is 0 Å². The number of hydrogen-bond donors (Lipinski definition) is 0. The fourth-order valence-corrected chi connectivity index (χ4v) is 0. The first-order valence-corrected chi connectivity index (χ1v) is 1.49. The average molecular weight is 171 g/mol. The molecule has 0 aliphatic carbocycles. The summed E-state index contributed by atoms with van der Waals surface area (Å²) in [6.45, 7) is 5.54. The maximum Gasteiger partial charge on any atom is 3.00 e. The third-order valence-electron chi connectivity index (χ3n) is 0.289. The van der Waals surface area contributed by atoms with E-state index < -0.39 is 0 Å². The Morgan fingerprint density at radius 2 is 1.71 bits per heavy atom. The summed E-state index contributed by atoms with van der Waals surface area (Å²) in [6, 6.07) is 0. The Hall–Kier alpha value is 1.17. The summed E-state index contributed by atoms with van der Waals surface area (Å²) in [5.41, 5.74) is 0. The second-order valence-corrected chi connectivity index (χ2v) is 0.697. The Balaban J connectivity index is -0.0000000150. The van der Waals surface area contributed by atoms with E-state index in [1.54, 1.807) is 0 Å². The van der Waals surface area contributed by atoms with Crippen LogP contribution in [0.15, 0.2) is 0 Å². The zero-order valence-electron chi connectivity index (χ0n) is 5.15. The fraction of sp³-hybridized carbons (Fsp3) is 0.400. The van der Waals surface area contributed by atoms with Gasteiger partial charge in [-0.05, 0) is 0 Å². The first kappa shape index (κ1) is 24.2. The van der Waals surface area contributed by atoms with E-state index in [-0.39, 0.29) is 48.5 Å². The molecule has 0 spiro atoms. The van der Waals surface area contributed by atoms with Crippen LogP contribution in [0.25, 0.3) is 0 Å². The molecule has 0 bridgehead atoms. The van der Waals surface area contributed by atoms with Gasteiger partial charge in [0, 0.05) is 8.41 Å². The average Bonchev–Trinajstić information content (AvgIpc) is 1.37. The van der Waals surface area contributed by atoms with Crippen molar-refractivity contribution in [1.82, 2.24) is 0 Å². The largest absolute Gasteiger partial charge is 3.00 e. The van der Waals surface area contributed by atoms with Crippen molar-refractivity contribution in [1.29, 1.82) is 0 Å². The quantitative estimate of drug-likeness (QED) is 0.414. The molecule has 0 N–H and O–H groups in total. The molecule has 0 saturated heterocycles. The standard InChI is InChI=1S/C4H8.CH3.B.Y/c1-3-4-2;;;/h4H,1,3H2,2H3;1H3;;/q-2;-1;;+3. The van der Waals surface area contributed by atoms with Gasteiger partial charge in [-0.1, -0.05) is 0 Å². The van der Waals surface area contributed by atoms with Crippen molar-refractivity contribution in [2.24, 2.45) is 0 Å². The van der Waals surface area contributed by atoms with E-state index in [1.165, 1.54) is 0 Å². The van der Waals surface area contributed by atoms with Gasteiger partial charge in [-0.3, -0.25) is 0 Å². The summed E-state index contributed by atoms with van der Waals surface area (Å²) in [5.74, 6) is 0. The number of unbranched alkanes of at least 4 members (excludes halogenated alkanes) is 1. The summed E-state index contributed by atoms with van der Waals surface area (Å²) in [7, 11) is 0. The van der Waals surface area contributed by atoms with E-state index in [2.05, 4.69) is 6.92 Å². The van der Waals surface area contributed by atoms with Crippen LogP contribution in [0.3, 0.4) is 0 Å². The van der Waals surface area contributed by atoms with Crippen molar-refractivity contribution in [2.75, 3.05) is 0 Å². The Kier molecular flexibility index (Phi) is 93.8. The SMILES string of the molecule is [B].[CH2-]C[CH-]C.[CH3-].[Y+3]. The smallest absolute Gasteiger partial charge is 0.372 e. The minimum Gasteiger partial charge on any atom is -0.372 e. The zero-order valence-corrected chi connectivity index (χ0v) is 7.98. The third-order valence-corrected chi connectivity index (χ3v) is 0.289. The molecule has 3 radical (unpaired) electrons. The van der Waals surface area contributed by atoms with Crippen LogP contribution in [-0.4, -0.2) is 8.41 Å². The van der Waals surface area contributed by atoms with Crippen LogP contribution in [0, 0.1) is 20.8 Å². The minimum atomic E-state index is 0. The van der Waals surface area contributed by atoms with E-state index in [4.69, 9.17) is 0 Å². The van der Waals surface area contributed by atoms with Gasteiger partial charge in [-0.15, -0.1) is 0 Å². The molecule has 0 atom stereocenters. The van der Waals surface area contributed by atoms with E-state index in [0.717, 1.165) is 6.42 Å². The molecule has 0 saturated carbocycles. The van der Waals surface area contributed by atoms with Gasteiger partial charge in [-0.25, -0.2) is 0 Å². The molecule has 0 fully saturated rings. The summed E-state index contributed by atoms with van der Waals surface area (Å²) in [4.78, 5) is 0. The maximum atomic E-state index is 3.55. The monoisotopic (exact) mass is 171 g/mol. The van der Waals surface area contributed by atoms with Crippen LogP contribution in [0.2, 0.25) is 0 Å². The Morgan fingerprint density at radius 1 is 1.57 bits per heavy atom. The molecule has 0 aromatic rings. The van der Waals surface area contributed by atoms with Crippen molar-refractivity contribution < 1.29 is 32.7 Å². The molecular weight excluding hydrogens is 160 g/mol. The molecule has 0 aliphatic rings. The van der Waals surface area contributed by atoms with E-state index in [1.807, 2.05) is 13.3 Å². The zero-order chi connectivity index (χ0) is 3.41. The van der Waals surface area contributed by atoms with Crippen LogP contribution < -0.4 is 0 Å². The molecule has 0 nitrogen and oxygen atoms in total. The first-order valence-electron chi connectivity index (χ1n) is 1.49. The Morgan fingerprint density at radius 3 is 1.71 bits per heavy atom. The van der Waals surface area contributed by atoms with Gasteiger partial charge in [0.15, 0.2) is 0 Å². The predicted molar refractivity (Wildman–Crippen MR) is 32.1 cm³/mol. The van der Waals surface area contributed by atoms with Crippen molar-refractivity contribution in [3.05, 3.63) is 20.8 Å². The molecule has 0 aliphatic heterocycles. The van der Waals surface area contributed by atoms with Gasteiger partial charge in [-0.2, -0.15) is 6.92 Å². The van der Waals surface area contributed by atoms with Gasteiger partial charge in [0.05, 0.1) is 0 Å². The maximum absolute atomic E-state index is 3.55. The van der Waals surface area contributed by atoms with E-state index in [0.29, 0.717) is 0 Å². The van der Waals surface area contributed by atoms with E-state index in [9.17, 15) is 0 Å². The van der Waals surface area contributed by atoms with Crippen molar-refractivity contribution in [2.45, 2.75) is 13.3 Å². The molecule has 0 rings (SSSR count). The fourth-order valence-electron chi connectivity index (χ4n) is 0. The third kappa shape index (κ3) is 40.7. The topological polar surface area (TPSA) is 0 Å². The van der Waals surface area contributed by atoms with Crippen LogP contribution in [0.5, 0.6) is 0 Å². The Bertz CT molecular complexity index is 10.0. The molecule has 2 heteroatoms. The molecule has 0 unspecified atom stereocenters. The molecule has 7 heavy (non-hydrogen) atoms. The molecule has 0 aromatic heterocycles. The second kappa shape index (κ2) is 27.2. The van der Waals surface area contributed by atoms with Crippen molar-refractivity contribution in [3.8, 4) is 0 Å². The molecule has 0 heterocycles. The van der Waals surface area contributed by atoms with Crippen LogP contribution >= 0.6 is 0 Å². The Labute approximate surface area is 74.9 Å². The van der Waals surface area contributed by atoms with Crippen molar-refractivity contribution >= 4 is 8.41 Å². The predicted octanol–water partition coefficient (Wildman–Crippen LogP) is 1.50. The summed E-state index contributed by atoms with van der Waals surface area (Å²) in [6.07, 6.45) is 2.96. The van der Waals surface area contributed by atoms with Gasteiger partial charge in [0.25, 0.3) is 0 Å². The van der Waals surface area contributed by atoms with Crippen LogP contribution in [0.4, 0.5) is 0 Å². The van der Waals surface area contributed by atoms with Crippen molar-refractivity contribution in [3.63, 3.8) is 0 Å². The van der Waals surface area contributed by atoms with E-state index >= 15 is 0 Å². The molecular formula is C5H11BY. The van der Waals surface area contributed by atoms with Crippen LogP contribution in [-0.2, 0) is 32.7 Å². The van der Waals surface area contributed by atoms with Gasteiger partial charge >= 0.3 is 32.7 Å². The summed E-state index contributed by atoms with van der Waals surface area (Å²) >= 11 is 0. The van der Waals surface area contributed by atoms with Gasteiger partial charge < -0.3 is 27.2 Å².